The number of Topliss-reactive ketones (excluding diaryl/α,β-unsaturated/α-hetero) is 1. The number of carbonyl (C=O) groups is 5. The molecule has 0 aromatic heterocycles. The van der Waals surface area contributed by atoms with E-state index in [-0.39, 0.29) is 11.7 Å². The maximum Gasteiger partial charge on any atom is 0.312 e. The van der Waals surface area contributed by atoms with E-state index in [4.69, 9.17) is 18.9 Å². The molecule has 0 N–H and O–H groups in total. The lowest BCUT2D eigenvalue weighted by Crippen LogP contribution is -2.48. The predicted molar refractivity (Wildman–Crippen MR) is 131 cm³/mol. The summed E-state index contributed by atoms with van der Waals surface area (Å²) in [5.74, 6) is -5.55. The van der Waals surface area contributed by atoms with Crippen molar-refractivity contribution in [2.24, 2.45) is 35.5 Å². The van der Waals surface area contributed by atoms with Crippen LogP contribution in [-0.2, 0) is 42.9 Å². The van der Waals surface area contributed by atoms with Gasteiger partial charge in [-0.3, -0.25) is 24.0 Å². The zero-order chi connectivity index (χ0) is 27.9. The molecule has 0 radical (unpaired) electrons. The summed E-state index contributed by atoms with van der Waals surface area (Å²) < 4.78 is 22.7. The molecule has 0 bridgehead atoms. The summed E-state index contributed by atoms with van der Waals surface area (Å²) in [6.07, 6.45) is -2.28. The maximum atomic E-state index is 13.5. The molecule has 1 aliphatic rings. The first-order chi connectivity index (χ1) is 16.6. The molecule has 1 fully saturated rings. The standard InChI is InChI=1S/C27H44O9/c1-11-22-15(4)25(34-20(9)29)16(5)23(31)13(2)12-14(3)24(33-19(8)28)17(6)26(35-21(10)30)18(7)27(32)36-22/h13-18,22,24-26H,11-12H2,1-10H3/t13-,14+,15+,16+,17-,18-,22-,24+,25+,26+/m1/s1. The van der Waals surface area contributed by atoms with Crippen molar-refractivity contribution in [3.63, 3.8) is 0 Å². The first-order valence-electron chi connectivity index (χ1n) is 12.9. The molecule has 1 aliphatic heterocycles. The Morgan fingerprint density at radius 3 is 1.64 bits per heavy atom. The van der Waals surface area contributed by atoms with Crippen molar-refractivity contribution in [2.45, 2.75) is 106 Å². The molecule has 0 aliphatic carbocycles. The molecule has 0 saturated carbocycles. The van der Waals surface area contributed by atoms with Crippen LogP contribution in [0.15, 0.2) is 0 Å². The lowest BCUT2D eigenvalue weighted by Gasteiger charge is -2.39. The predicted octanol–water partition coefficient (Wildman–Crippen LogP) is 3.89. The number of esters is 4. The normalized spacial score (nSPS) is 36.7. The summed E-state index contributed by atoms with van der Waals surface area (Å²) in [6, 6.07) is 0. The maximum absolute atomic E-state index is 13.5. The second kappa shape index (κ2) is 13.7. The molecule has 0 amide bonds. The summed E-state index contributed by atoms with van der Waals surface area (Å²) in [5.41, 5.74) is 0. The minimum atomic E-state index is -0.924. The number of ketones is 1. The van der Waals surface area contributed by atoms with Gasteiger partial charge in [-0.25, -0.2) is 0 Å². The first kappa shape index (κ1) is 31.6. The van der Waals surface area contributed by atoms with Gasteiger partial charge in [-0.2, -0.15) is 0 Å². The Bertz CT molecular complexity index is 807. The van der Waals surface area contributed by atoms with Gasteiger partial charge in [0.25, 0.3) is 0 Å². The van der Waals surface area contributed by atoms with Gasteiger partial charge in [-0.15, -0.1) is 0 Å². The smallest absolute Gasteiger partial charge is 0.312 e. The van der Waals surface area contributed by atoms with Crippen LogP contribution in [0.25, 0.3) is 0 Å². The van der Waals surface area contributed by atoms with Gasteiger partial charge in [-0.05, 0) is 25.7 Å². The molecule has 206 valence electrons. The highest BCUT2D eigenvalue weighted by atomic mass is 16.6. The summed E-state index contributed by atoms with van der Waals surface area (Å²) >= 11 is 0. The molecular formula is C27H44O9. The van der Waals surface area contributed by atoms with Crippen LogP contribution in [0.5, 0.6) is 0 Å². The highest BCUT2D eigenvalue weighted by Crippen LogP contribution is 2.34. The summed E-state index contributed by atoms with van der Waals surface area (Å²) in [6.45, 7) is 16.2. The average molecular weight is 513 g/mol. The van der Waals surface area contributed by atoms with Crippen LogP contribution >= 0.6 is 0 Å². The van der Waals surface area contributed by atoms with Crippen LogP contribution in [0.4, 0.5) is 0 Å². The fourth-order valence-corrected chi connectivity index (χ4v) is 5.42. The van der Waals surface area contributed by atoms with Gasteiger partial charge >= 0.3 is 23.9 Å². The molecule has 10 atom stereocenters. The van der Waals surface area contributed by atoms with Crippen molar-refractivity contribution in [3.05, 3.63) is 0 Å². The van der Waals surface area contributed by atoms with E-state index in [1.807, 2.05) is 13.8 Å². The van der Waals surface area contributed by atoms with Crippen molar-refractivity contribution in [3.8, 4) is 0 Å². The van der Waals surface area contributed by atoms with E-state index < -0.39 is 77.9 Å². The van der Waals surface area contributed by atoms with Crippen LogP contribution in [-0.4, -0.2) is 54.1 Å². The monoisotopic (exact) mass is 512 g/mol. The van der Waals surface area contributed by atoms with Crippen LogP contribution in [0, 0.1) is 35.5 Å². The molecule has 1 heterocycles. The second-order valence-corrected chi connectivity index (χ2v) is 10.4. The Morgan fingerprint density at radius 1 is 0.750 bits per heavy atom. The van der Waals surface area contributed by atoms with Gasteiger partial charge < -0.3 is 18.9 Å². The Morgan fingerprint density at radius 2 is 1.19 bits per heavy atom. The molecule has 0 unspecified atom stereocenters. The van der Waals surface area contributed by atoms with Gasteiger partial charge in [0.1, 0.15) is 30.2 Å². The van der Waals surface area contributed by atoms with E-state index in [0.29, 0.717) is 12.8 Å². The summed E-state index contributed by atoms with van der Waals surface area (Å²) in [7, 11) is 0. The summed E-state index contributed by atoms with van der Waals surface area (Å²) in [4.78, 5) is 62.6. The fourth-order valence-electron chi connectivity index (χ4n) is 5.42. The Hall–Kier alpha value is -2.45. The molecule has 36 heavy (non-hydrogen) atoms. The molecule has 0 aromatic carbocycles. The quantitative estimate of drug-likeness (QED) is 0.408. The zero-order valence-corrected chi connectivity index (χ0v) is 23.4. The van der Waals surface area contributed by atoms with E-state index in [1.165, 1.54) is 20.8 Å². The van der Waals surface area contributed by atoms with Crippen molar-refractivity contribution < 1.29 is 42.9 Å². The molecule has 9 heteroatoms. The van der Waals surface area contributed by atoms with Crippen LogP contribution < -0.4 is 0 Å². The fraction of sp³-hybridized carbons (Fsp3) is 0.815. The largest absolute Gasteiger partial charge is 0.462 e. The van der Waals surface area contributed by atoms with E-state index in [2.05, 4.69) is 0 Å². The Balaban J connectivity index is 3.62. The van der Waals surface area contributed by atoms with Gasteiger partial charge in [0.05, 0.1) is 11.8 Å². The number of ether oxygens (including phenoxy) is 4. The summed E-state index contributed by atoms with van der Waals surface area (Å²) in [5, 5.41) is 0. The third-order valence-electron chi connectivity index (χ3n) is 7.30. The number of carbonyl (C=O) groups excluding carboxylic acids is 5. The van der Waals surface area contributed by atoms with Crippen molar-refractivity contribution in [1.29, 1.82) is 0 Å². The highest BCUT2D eigenvalue weighted by Gasteiger charge is 2.44. The lowest BCUT2D eigenvalue weighted by molar-refractivity contribution is -0.178. The van der Waals surface area contributed by atoms with Gasteiger partial charge in [0, 0.05) is 38.5 Å². The van der Waals surface area contributed by atoms with Crippen LogP contribution in [0.2, 0.25) is 0 Å². The van der Waals surface area contributed by atoms with E-state index in [9.17, 15) is 24.0 Å². The molecule has 0 spiro atoms. The number of cyclic esters (lactones) is 1. The molecular weight excluding hydrogens is 468 g/mol. The SMILES string of the molecule is CC[C@H]1OC(=O)[C@H](C)[C@@H](OC(C)=O)[C@H](C)[C@@H](OC(C)=O)[C@@H](C)C[C@@H](C)C(=O)[C@H](C)[C@@H](OC(C)=O)[C@H]1C. The first-order valence-corrected chi connectivity index (χ1v) is 12.9. The molecule has 1 rings (SSSR count). The van der Waals surface area contributed by atoms with Crippen molar-refractivity contribution in [1.82, 2.24) is 0 Å². The van der Waals surface area contributed by atoms with E-state index in [0.717, 1.165) is 0 Å². The second-order valence-electron chi connectivity index (χ2n) is 10.4. The third-order valence-corrected chi connectivity index (χ3v) is 7.30. The number of hydrogen-bond donors (Lipinski definition) is 0. The van der Waals surface area contributed by atoms with Gasteiger partial charge in [0.2, 0.25) is 0 Å². The third kappa shape index (κ3) is 8.30. The average Bonchev–Trinajstić information content (AvgIpc) is 2.79. The van der Waals surface area contributed by atoms with Crippen LogP contribution in [0.1, 0.15) is 82.1 Å². The topological polar surface area (TPSA) is 122 Å². The van der Waals surface area contributed by atoms with Crippen molar-refractivity contribution in [2.75, 3.05) is 0 Å². The number of rotatable bonds is 4. The van der Waals surface area contributed by atoms with Gasteiger partial charge in [-0.1, -0.05) is 41.5 Å². The minimum Gasteiger partial charge on any atom is -0.462 e. The van der Waals surface area contributed by atoms with Crippen LogP contribution in [0.3, 0.4) is 0 Å². The Labute approximate surface area is 214 Å². The lowest BCUT2D eigenvalue weighted by atomic mass is 9.76. The zero-order valence-electron chi connectivity index (χ0n) is 23.4. The Kier molecular flexibility index (Phi) is 12.1. The van der Waals surface area contributed by atoms with Crippen molar-refractivity contribution >= 4 is 29.7 Å². The highest BCUT2D eigenvalue weighted by molar-refractivity contribution is 5.84. The number of hydrogen-bond acceptors (Lipinski definition) is 9. The molecule has 1 saturated heterocycles. The van der Waals surface area contributed by atoms with E-state index in [1.54, 1.807) is 34.6 Å². The molecule has 0 aromatic rings. The van der Waals surface area contributed by atoms with Gasteiger partial charge in [0.15, 0.2) is 0 Å². The minimum absolute atomic E-state index is 0.0997. The van der Waals surface area contributed by atoms with E-state index >= 15 is 0 Å². The molecule has 9 nitrogen and oxygen atoms in total.